The molecule has 0 aliphatic heterocycles. The molecule has 0 radical (unpaired) electrons. The van der Waals surface area contributed by atoms with Crippen LogP contribution < -0.4 is 0 Å². The van der Waals surface area contributed by atoms with Gasteiger partial charge in [-0.1, -0.05) is 0 Å². The van der Waals surface area contributed by atoms with Gasteiger partial charge in [-0.2, -0.15) is 9.68 Å². The predicted octanol–water partition coefficient (Wildman–Crippen LogP) is 1.27. The summed E-state index contributed by atoms with van der Waals surface area (Å²) in [6.45, 7) is 7.03. The fourth-order valence-electron chi connectivity index (χ4n) is 0.369. The van der Waals surface area contributed by atoms with E-state index in [-0.39, 0.29) is 22.8 Å². The zero-order chi connectivity index (χ0) is 8.15. The van der Waals surface area contributed by atoms with Crippen molar-refractivity contribution in [3.8, 4) is 0 Å². The van der Waals surface area contributed by atoms with Gasteiger partial charge in [0.25, 0.3) is 0 Å². The number of hydrogen-bond acceptors (Lipinski definition) is 4. The molecule has 68 valence electrons. The quantitative estimate of drug-likeness (QED) is 0.588. The van der Waals surface area contributed by atoms with Crippen molar-refractivity contribution in [2.75, 3.05) is 0 Å². The Bertz CT molecular complexity index is 101. The van der Waals surface area contributed by atoms with Gasteiger partial charge < -0.3 is 5.48 Å². The summed E-state index contributed by atoms with van der Waals surface area (Å²) in [7, 11) is 0. The maximum atomic E-state index is 10.5. The molecule has 0 unspecified atom stereocenters. The van der Waals surface area contributed by atoms with Crippen LogP contribution in [0, 0.1) is 4.91 Å². The Morgan fingerprint density at radius 2 is 1.27 bits per heavy atom. The zero-order valence-corrected chi connectivity index (χ0v) is 7.27. The van der Waals surface area contributed by atoms with Crippen molar-refractivity contribution in [2.45, 2.75) is 39.9 Å². The first kappa shape index (κ1) is 12.8. The van der Waals surface area contributed by atoms with E-state index in [9.17, 15) is 4.91 Å². The van der Waals surface area contributed by atoms with Crippen molar-refractivity contribution in [3.05, 3.63) is 4.91 Å². The molecule has 0 rings (SSSR count). The highest BCUT2D eigenvalue weighted by Gasteiger charge is 2.16. The van der Waals surface area contributed by atoms with Gasteiger partial charge in [-0.25, -0.2) is 0 Å². The van der Waals surface area contributed by atoms with Gasteiger partial charge in [0.2, 0.25) is 0 Å². The standard InChI is InChI=1S/C6H14NO3.H2O/c1-5(2)9-7(8)10-6(3)4;/h5-6H,1-4H3;1H2/q+1;/p-1. The summed E-state index contributed by atoms with van der Waals surface area (Å²) >= 11 is 0. The Labute approximate surface area is 66.1 Å². The average Bonchev–Trinajstić information content (AvgIpc) is 1.58. The summed E-state index contributed by atoms with van der Waals surface area (Å²) in [6, 6.07) is 0. The Kier molecular flexibility index (Phi) is 6.88. The minimum Gasteiger partial charge on any atom is -0.870 e. The minimum atomic E-state index is -0.142. The normalized spacial score (nSPS) is 9.27. The van der Waals surface area contributed by atoms with E-state index in [1.807, 2.05) is 0 Å². The van der Waals surface area contributed by atoms with Gasteiger partial charge in [-0.05, 0) is 27.7 Å². The second kappa shape index (κ2) is 5.91. The highest BCUT2D eigenvalue weighted by molar-refractivity contribution is 4.26. The second-order valence-corrected chi connectivity index (χ2v) is 2.53. The molecular weight excluding hydrogens is 150 g/mol. The third-order valence-electron chi connectivity index (χ3n) is 0.594. The Balaban J connectivity index is 0. The molecule has 0 fully saturated rings. The first-order valence-electron chi connectivity index (χ1n) is 3.33. The summed E-state index contributed by atoms with van der Waals surface area (Å²) < 4.78 is 0. The van der Waals surface area contributed by atoms with Crippen LogP contribution in [0.2, 0.25) is 0 Å². The molecule has 1 N–H and O–H groups in total. The zero-order valence-electron chi connectivity index (χ0n) is 7.27. The number of rotatable bonds is 4. The highest BCUT2D eigenvalue weighted by atomic mass is 17.0. The lowest BCUT2D eigenvalue weighted by molar-refractivity contribution is -0.991. The molecule has 0 saturated carbocycles. The van der Waals surface area contributed by atoms with E-state index in [2.05, 4.69) is 9.68 Å². The van der Waals surface area contributed by atoms with Crippen LogP contribution >= 0.6 is 0 Å². The monoisotopic (exact) mass is 165 g/mol. The molecule has 0 aliphatic rings. The lowest BCUT2D eigenvalue weighted by atomic mass is 10.5. The smallest absolute Gasteiger partial charge is 0.478 e. The van der Waals surface area contributed by atoms with Crippen molar-refractivity contribution in [1.29, 1.82) is 0 Å². The largest absolute Gasteiger partial charge is 0.870 e. The van der Waals surface area contributed by atoms with E-state index in [0.717, 1.165) is 0 Å². The molecule has 5 heteroatoms. The van der Waals surface area contributed by atoms with E-state index in [0.29, 0.717) is 0 Å². The maximum absolute atomic E-state index is 10.5. The summed E-state index contributed by atoms with van der Waals surface area (Å²) in [6.07, 6.45) is -0.285. The van der Waals surface area contributed by atoms with E-state index in [4.69, 9.17) is 0 Å². The SMILES string of the molecule is CC(C)O[N+](=O)OC(C)C.[OH-]. The lowest BCUT2D eigenvalue weighted by Crippen LogP contribution is -2.19. The topological polar surface area (TPSA) is 68.5 Å². The highest BCUT2D eigenvalue weighted by Crippen LogP contribution is 1.93. The molecule has 0 spiro atoms. The van der Waals surface area contributed by atoms with Crippen LogP contribution in [0.15, 0.2) is 0 Å². The van der Waals surface area contributed by atoms with Crippen LogP contribution in [0.4, 0.5) is 0 Å². The van der Waals surface area contributed by atoms with Crippen molar-refractivity contribution in [1.82, 2.24) is 0 Å². The summed E-state index contributed by atoms with van der Waals surface area (Å²) in [5.41, 5.74) is 0. The van der Waals surface area contributed by atoms with E-state index in [1.54, 1.807) is 27.7 Å². The Hall–Kier alpha value is -0.840. The van der Waals surface area contributed by atoms with Crippen molar-refractivity contribution in [2.24, 2.45) is 0 Å². The molecule has 0 atom stereocenters. The fraction of sp³-hybridized carbons (Fsp3) is 1.00. The van der Waals surface area contributed by atoms with Crippen molar-refractivity contribution in [3.63, 3.8) is 0 Å². The van der Waals surface area contributed by atoms with Crippen LogP contribution in [0.1, 0.15) is 27.7 Å². The average molecular weight is 165 g/mol. The second-order valence-electron chi connectivity index (χ2n) is 2.53. The number of hydrogen-bond donors (Lipinski definition) is 0. The van der Waals surface area contributed by atoms with Crippen LogP contribution in [0.3, 0.4) is 0 Å². The van der Waals surface area contributed by atoms with Gasteiger partial charge >= 0.3 is 5.09 Å². The third kappa shape index (κ3) is 9.16. The van der Waals surface area contributed by atoms with Crippen LogP contribution in [-0.4, -0.2) is 22.8 Å². The first-order valence-corrected chi connectivity index (χ1v) is 3.33. The third-order valence-corrected chi connectivity index (χ3v) is 0.594. The van der Waals surface area contributed by atoms with Gasteiger partial charge in [0.1, 0.15) is 4.91 Å². The summed E-state index contributed by atoms with van der Waals surface area (Å²) in [4.78, 5) is 19.8. The molecule has 5 nitrogen and oxygen atoms in total. The molecule has 0 aromatic rings. The molecule has 0 amide bonds. The molecule has 0 saturated heterocycles. The Morgan fingerprint density at radius 1 is 1.00 bits per heavy atom. The van der Waals surface area contributed by atoms with Gasteiger partial charge in [0.05, 0.1) is 0 Å². The van der Waals surface area contributed by atoms with Gasteiger partial charge in [0, 0.05) is 0 Å². The molecular formula is C6H15NO4. The summed E-state index contributed by atoms with van der Waals surface area (Å²) in [5, 5.41) is 0.148. The molecule has 11 heavy (non-hydrogen) atoms. The van der Waals surface area contributed by atoms with Crippen LogP contribution in [0.5, 0.6) is 0 Å². The van der Waals surface area contributed by atoms with E-state index >= 15 is 0 Å². The molecule has 0 aliphatic carbocycles. The van der Waals surface area contributed by atoms with Crippen LogP contribution in [-0.2, 0) is 9.68 Å². The lowest BCUT2D eigenvalue weighted by Gasteiger charge is -1.97. The van der Waals surface area contributed by atoms with Crippen LogP contribution in [0.25, 0.3) is 0 Å². The number of nitrogens with zero attached hydrogens (tertiary/aromatic N) is 1. The molecule has 0 bridgehead atoms. The van der Waals surface area contributed by atoms with Gasteiger partial charge in [0.15, 0.2) is 12.2 Å². The van der Waals surface area contributed by atoms with E-state index in [1.165, 1.54) is 0 Å². The summed E-state index contributed by atoms with van der Waals surface area (Å²) in [5.74, 6) is 0. The Morgan fingerprint density at radius 3 is 1.45 bits per heavy atom. The van der Waals surface area contributed by atoms with Gasteiger partial charge in [-0.15, -0.1) is 0 Å². The minimum absolute atomic E-state index is 0. The predicted molar refractivity (Wildman–Crippen MR) is 38.0 cm³/mol. The van der Waals surface area contributed by atoms with Crippen molar-refractivity contribution < 1.29 is 20.2 Å². The van der Waals surface area contributed by atoms with Crippen molar-refractivity contribution >= 4 is 0 Å². The maximum Gasteiger partial charge on any atom is 0.478 e. The molecule has 0 aromatic carbocycles. The van der Waals surface area contributed by atoms with E-state index < -0.39 is 0 Å². The molecule has 0 heterocycles. The van der Waals surface area contributed by atoms with Gasteiger partial charge in [-0.3, -0.25) is 0 Å². The fourth-order valence-corrected chi connectivity index (χ4v) is 0.369. The first-order chi connectivity index (χ1) is 4.52. The molecule has 0 aromatic heterocycles.